The Morgan fingerprint density at radius 2 is 1.26 bits per heavy atom. The van der Waals surface area contributed by atoms with Gasteiger partial charge in [-0.3, -0.25) is 4.79 Å². The number of unbranched alkanes of at least 4 members (excludes halogenated alkanes) is 13. The van der Waals surface area contributed by atoms with E-state index in [0.29, 0.717) is 12.2 Å². The molecule has 0 N–H and O–H groups in total. The van der Waals surface area contributed by atoms with Gasteiger partial charge in [0, 0.05) is 0 Å². The third kappa shape index (κ3) is 15.2. The Morgan fingerprint density at radius 3 is 1.81 bits per heavy atom. The number of hydrogen-bond donors (Lipinski definition) is 0. The van der Waals surface area contributed by atoms with E-state index in [0.717, 1.165) is 6.42 Å². The fraction of sp³-hybridized carbons (Fsp3) is 0.640. The fourth-order valence-electron chi connectivity index (χ4n) is 3.24. The second-order valence-electron chi connectivity index (χ2n) is 7.49. The molecule has 0 aliphatic rings. The number of carbonyl (C=O) groups is 1. The van der Waals surface area contributed by atoms with Crippen LogP contribution in [0.25, 0.3) is 0 Å². The molecule has 0 unspecified atom stereocenters. The minimum absolute atomic E-state index is 0.192. The molecule has 0 heterocycles. The van der Waals surface area contributed by atoms with E-state index in [-0.39, 0.29) is 5.97 Å². The Labute approximate surface area is 167 Å². The lowest BCUT2D eigenvalue weighted by Gasteiger charge is -2.02. The highest BCUT2D eigenvalue weighted by atomic mass is 16.5. The lowest BCUT2D eigenvalue weighted by Crippen LogP contribution is -2.05. The van der Waals surface area contributed by atoms with E-state index in [1.54, 1.807) is 12.1 Å². The van der Waals surface area contributed by atoms with Gasteiger partial charge < -0.3 is 4.74 Å². The van der Waals surface area contributed by atoms with E-state index in [4.69, 9.17) is 4.74 Å². The highest BCUT2D eigenvalue weighted by molar-refractivity contribution is 5.73. The molecule has 0 saturated heterocycles. The van der Waals surface area contributed by atoms with Gasteiger partial charge in [0.2, 0.25) is 0 Å². The van der Waals surface area contributed by atoms with Crippen molar-refractivity contribution in [1.29, 1.82) is 0 Å². The summed E-state index contributed by atoms with van der Waals surface area (Å²) in [5, 5.41) is 0. The van der Waals surface area contributed by atoms with Gasteiger partial charge in [-0.1, -0.05) is 114 Å². The molecule has 0 saturated carbocycles. The number of rotatable bonds is 17. The zero-order valence-electron chi connectivity index (χ0n) is 17.5. The largest absolute Gasteiger partial charge is 0.426 e. The van der Waals surface area contributed by atoms with Gasteiger partial charge in [-0.05, 0) is 25.0 Å². The molecule has 0 fully saturated rings. The number of benzene rings is 1. The smallest absolute Gasteiger partial charge is 0.315 e. The number of carbonyl (C=O) groups excluding carboxylic acids is 1. The van der Waals surface area contributed by atoms with E-state index in [9.17, 15) is 4.79 Å². The van der Waals surface area contributed by atoms with Crippen LogP contribution in [0, 0.1) is 0 Å². The summed E-state index contributed by atoms with van der Waals surface area (Å²) in [5.74, 6) is 0.426. The molecule has 1 aromatic carbocycles. The highest BCUT2D eigenvalue weighted by Gasteiger charge is 2.00. The van der Waals surface area contributed by atoms with Gasteiger partial charge in [0.05, 0.1) is 6.42 Å². The summed E-state index contributed by atoms with van der Waals surface area (Å²) in [6.07, 6.45) is 23.4. The van der Waals surface area contributed by atoms with Crippen LogP contribution >= 0.6 is 0 Å². The molecule has 152 valence electrons. The summed E-state index contributed by atoms with van der Waals surface area (Å²) in [5.41, 5.74) is 0. The maximum atomic E-state index is 11.7. The third-order valence-corrected chi connectivity index (χ3v) is 4.90. The summed E-state index contributed by atoms with van der Waals surface area (Å²) in [7, 11) is 0. The van der Waals surface area contributed by atoms with Crippen molar-refractivity contribution in [3.8, 4) is 5.75 Å². The lowest BCUT2D eigenvalue weighted by molar-refractivity contribution is -0.133. The minimum Gasteiger partial charge on any atom is -0.426 e. The Balaban J connectivity index is 1.82. The van der Waals surface area contributed by atoms with E-state index >= 15 is 0 Å². The van der Waals surface area contributed by atoms with Crippen molar-refractivity contribution in [3.63, 3.8) is 0 Å². The Bertz CT molecular complexity index is 478. The summed E-state index contributed by atoms with van der Waals surface area (Å²) in [6.45, 7) is 2.28. The molecule has 2 heteroatoms. The number of esters is 1. The highest BCUT2D eigenvalue weighted by Crippen LogP contribution is 2.13. The van der Waals surface area contributed by atoms with Crippen molar-refractivity contribution in [2.45, 2.75) is 103 Å². The van der Waals surface area contributed by atoms with Crippen LogP contribution in [0.4, 0.5) is 0 Å². The van der Waals surface area contributed by atoms with Gasteiger partial charge in [-0.15, -0.1) is 0 Å². The van der Waals surface area contributed by atoms with Gasteiger partial charge in [0.25, 0.3) is 0 Å². The van der Waals surface area contributed by atoms with Crippen LogP contribution in [0.3, 0.4) is 0 Å². The molecule has 0 radical (unpaired) electrons. The second kappa shape index (κ2) is 17.8. The number of para-hydroxylation sites is 1. The molecule has 0 amide bonds. The molecule has 0 atom stereocenters. The van der Waals surface area contributed by atoms with Crippen LogP contribution in [-0.2, 0) is 4.79 Å². The van der Waals surface area contributed by atoms with Crippen molar-refractivity contribution < 1.29 is 9.53 Å². The summed E-state index contributed by atoms with van der Waals surface area (Å²) >= 11 is 0. The second-order valence-corrected chi connectivity index (χ2v) is 7.49. The van der Waals surface area contributed by atoms with Crippen molar-refractivity contribution in [1.82, 2.24) is 0 Å². The first-order valence-corrected chi connectivity index (χ1v) is 11.2. The number of ether oxygens (including phenoxy) is 1. The van der Waals surface area contributed by atoms with Crippen LogP contribution in [0.5, 0.6) is 5.75 Å². The quantitative estimate of drug-likeness (QED) is 0.120. The fourth-order valence-corrected chi connectivity index (χ4v) is 3.24. The van der Waals surface area contributed by atoms with E-state index in [1.165, 1.54) is 83.5 Å². The molecule has 0 aromatic heterocycles. The average Bonchev–Trinajstić information content (AvgIpc) is 2.68. The molecule has 2 nitrogen and oxygen atoms in total. The predicted octanol–water partition coefficient (Wildman–Crippen LogP) is 8.02. The Hall–Kier alpha value is -1.57. The van der Waals surface area contributed by atoms with Gasteiger partial charge in [-0.2, -0.15) is 0 Å². The van der Waals surface area contributed by atoms with Crippen LogP contribution < -0.4 is 4.74 Å². The Kier molecular flexibility index (Phi) is 15.5. The molecular weight excluding hydrogens is 332 g/mol. The summed E-state index contributed by atoms with van der Waals surface area (Å²) in [4.78, 5) is 11.7. The minimum atomic E-state index is -0.192. The van der Waals surface area contributed by atoms with Crippen LogP contribution in [0.2, 0.25) is 0 Å². The van der Waals surface area contributed by atoms with Gasteiger partial charge in [-0.25, -0.2) is 0 Å². The molecule has 0 aliphatic carbocycles. The maximum Gasteiger partial charge on any atom is 0.315 e. The van der Waals surface area contributed by atoms with Crippen LogP contribution in [0.15, 0.2) is 42.5 Å². The molecule has 0 bridgehead atoms. The average molecular weight is 373 g/mol. The van der Waals surface area contributed by atoms with Crippen molar-refractivity contribution in [3.05, 3.63) is 42.5 Å². The molecule has 0 aliphatic heterocycles. The zero-order valence-corrected chi connectivity index (χ0v) is 17.5. The van der Waals surface area contributed by atoms with Crippen molar-refractivity contribution >= 4 is 5.97 Å². The monoisotopic (exact) mass is 372 g/mol. The number of hydrogen-bond acceptors (Lipinski definition) is 2. The first-order chi connectivity index (χ1) is 13.3. The van der Waals surface area contributed by atoms with Crippen molar-refractivity contribution in [2.24, 2.45) is 0 Å². The third-order valence-electron chi connectivity index (χ3n) is 4.90. The van der Waals surface area contributed by atoms with Gasteiger partial charge in [0.15, 0.2) is 0 Å². The molecule has 0 spiro atoms. The van der Waals surface area contributed by atoms with Gasteiger partial charge >= 0.3 is 5.97 Å². The first-order valence-electron chi connectivity index (χ1n) is 11.2. The standard InChI is InChI=1S/C25H40O2/c1-2-3-4-5-6-7-8-9-10-11-12-13-14-15-16-20-23-25(26)27-24-21-18-17-19-22-24/h16-22H,2-15,23H2,1H3/b20-16+. The van der Waals surface area contributed by atoms with Crippen LogP contribution in [-0.4, -0.2) is 5.97 Å². The molecule has 1 rings (SSSR count). The lowest BCUT2D eigenvalue weighted by atomic mass is 10.0. The zero-order chi connectivity index (χ0) is 19.4. The van der Waals surface area contributed by atoms with E-state index in [1.807, 2.05) is 24.3 Å². The molecule has 27 heavy (non-hydrogen) atoms. The summed E-state index contributed by atoms with van der Waals surface area (Å²) < 4.78 is 5.25. The van der Waals surface area contributed by atoms with E-state index < -0.39 is 0 Å². The summed E-state index contributed by atoms with van der Waals surface area (Å²) in [6, 6.07) is 9.25. The van der Waals surface area contributed by atoms with E-state index in [2.05, 4.69) is 13.0 Å². The topological polar surface area (TPSA) is 26.3 Å². The van der Waals surface area contributed by atoms with Crippen molar-refractivity contribution in [2.75, 3.05) is 0 Å². The first kappa shape index (κ1) is 23.5. The van der Waals surface area contributed by atoms with Crippen LogP contribution in [0.1, 0.15) is 103 Å². The van der Waals surface area contributed by atoms with Gasteiger partial charge in [0.1, 0.15) is 5.75 Å². The molecule has 1 aromatic rings. The maximum absolute atomic E-state index is 11.7. The molecular formula is C25H40O2. The predicted molar refractivity (Wildman–Crippen MR) is 116 cm³/mol. The Morgan fingerprint density at radius 1 is 0.741 bits per heavy atom. The SMILES string of the molecule is CCCCCCCCCCCCCCC/C=C/CC(=O)Oc1ccccc1. The number of allylic oxidation sites excluding steroid dienone is 1. The normalized spacial score (nSPS) is 11.1.